The highest BCUT2D eigenvalue weighted by molar-refractivity contribution is 7.92. The molecule has 3 aromatic rings. The second-order valence-corrected chi connectivity index (χ2v) is 11.9. The molecule has 3 rings (SSSR count). The summed E-state index contributed by atoms with van der Waals surface area (Å²) < 4.78 is 39.9. The zero-order valence-electron chi connectivity index (χ0n) is 22.7. The number of halogens is 2. The van der Waals surface area contributed by atoms with E-state index in [2.05, 4.69) is 5.32 Å². The first-order chi connectivity index (χ1) is 19.1. The number of rotatable bonds is 14. The van der Waals surface area contributed by atoms with E-state index in [1.165, 1.54) is 21.3 Å². The summed E-state index contributed by atoms with van der Waals surface area (Å²) in [6.45, 7) is 2.56. The van der Waals surface area contributed by atoms with Gasteiger partial charge in [0, 0.05) is 37.5 Å². The van der Waals surface area contributed by atoms with Crippen molar-refractivity contribution in [1.29, 1.82) is 0 Å². The predicted octanol–water partition coefficient (Wildman–Crippen LogP) is 5.19. The fourth-order valence-electron chi connectivity index (χ4n) is 4.34. The van der Waals surface area contributed by atoms with E-state index in [0.717, 1.165) is 18.2 Å². The van der Waals surface area contributed by atoms with Gasteiger partial charge < -0.3 is 10.2 Å². The molecule has 0 heterocycles. The number of carbonyl (C=O) groups excluding carboxylic acids is 2. The van der Waals surface area contributed by atoms with Crippen LogP contribution in [0.4, 0.5) is 10.1 Å². The van der Waals surface area contributed by atoms with Crippen LogP contribution in [0.5, 0.6) is 0 Å². The summed E-state index contributed by atoms with van der Waals surface area (Å²) in [4.78, 5) is 28.6. The van der Waals surface area contributed by atoms with Crippen molar-refractivity contribution in [3.63, 3.8) is 0 Å². The molecule has 40 heavy (non-hydrogen) atoms. The Kier molecular flexibility index (Phi) is 11.5. The minimum atomic E-state index is -3.64. The smallest absolute Gasteiger partial charge is 0.243 e. The third-order valence-electron chi connectivity index (χ3n) is 6.33. The van der Waals surface area contributed by atoms with E-state index < -0.39 is 21.9 Å². The molecule has 0 aliphatic carbocycles. The molecule has 214 valence electrons. The van der Waals surface area contributed by atoms with Crippen LogP contribution < -0.4 is 9.62 Å². The fraction of sp³-hybridized carbons (Fsp3) is 0.333. The number of sulfonamides is 1. The summed E-state index contributed by atoms with van der Waals surface area (Å²) in [7, 11) is -3.64. The maximum absolute atomic E-state index is 13.7. The Morgan fingerprint density at radius 1 is 0.975 bits per heavy atom. The second kappa shape index (κ2) is 14.8. The summed E-state index contributed by atoms with van der Waals surface area (Å²) in [5.74, 6) is -0.987. The van der Waals surface area contributed by atoms with E-state index in [4.69, 9.17) is 11.6 Å². The maximum Gasteiger partial charge on any atom is 0.243 e. The molecular weight excluding hydrogens is 553 g/mol. The van der Waals surface area contributed by atoms with Gasteiger partial charge in [0.2, 0.25) is 21.8 Å². The monoisotopic (exact) mass is 587 g/mol. The number of benzene rings is 3. The van der Waals surface area contributed by atoms with Crippen molar-refractivity contribution >= 4 is 39.1 Å². The van der Waals surface area contributed by atoms with Crippen molar-refractivity contribution in [3.8, 4) is 0 Å². The molecule has 0 fully saturated rings. The zero-order chi connectivity index (χ0) is 29.1. The minimum absolute atomic E-state index is 0.000127. The molecule has 7 nitrogen and oxygen atoms in total. The number of hydrogen-bond donors (Lipinski definition) is 1. The fourth-order valence-corrected chi connectivity index (χ4v) is 5.48. The van der Waals surface area contributed by atoms with E-state index in [-0.39, 0.29) is 37.7 Å². The van der Waals surface area contributed by atoms with Gasteiger partial charge >= 0.3 is 0 Å². The molecule has 2 amide bonds. The van der Waals surface area contributed by atoms with Gasteiger partial charge in [0.25, 0.3) is 0 Å². The molecule has 0 spiro atoms. The van der Waals surface area contributed by atoms with Gasteiger partial charge in [-0.05, 0) is 54.3 Å². The summed E-state index contributed by atoms with van der Waals surface area (Å²) in [6, 6.07) is 20.9. The molecule has 1 atom stereocenters. The van der Waals surface area contributed by atoms with Crippen molar-refractivity contribution in [2.24, 2.45) is 0 Å². The highest BCUT2D eigenvalue weighted by Crippen LogP contribution is 2.23. The Morgan fingerprint density at radius 2 is 1.68 bits per heavy atom. The SMILES string of the molecule is CCCNC(=O)[C@H](Cc1ccccc1)N(Cc1ccc(F)cc1)C(=O)CCCN(c1cccc(Cl)c1)S(C)(=O)=O. The Balaban J connectivity index is 1.86. The Hall–Kier alpha value is -3.43. The highest BCUT2D eigenvalue weighted by Gasteiger charge is 2.30. The molecule has 0 unspecified atom stereocenters. The molecule has 0 aliphatic rings. The van der Waals surface area contributed by atoms with Crippen molar-refractivity contribution in [1.82, 2.24) is 10.2 Å². The number of carbonyl (C=O) groups is 2. The number of nitrogens with zero attached hydrogens (tertiary/aromatic N) is 2. The minimum Gasteiger partial charge on any atom is -0.354 e. The van der Waals surface area contributed by atoms with E-state index in [0.29, 0.717) is 29.2 Å². The van der Waals surface area contributed by atoms with Gasteiger partial charge in [-0.15, -0.1) is 0 Å². The summed E-state index contributed by atoms with van der Waals surface area (Å²) >= 11 is 6.08. The molecule has 0 radical (unpaired) electrons. The summed E-state index contributed by atoms with van der Waals surface area (Å²) in [5.41, 5.74) is 1.97. The van der Waals surface area contributed by atoms with Crippen LogP contribution in [-0.4, -0.2) is 50.5 Å². The van der Waals surface area contributed by atoms with Crippen molar-refractivity contribution in [2.45, 2.75) is 45.2 Å². The third-order valence-corrected chi connectivity index (χ3v) is 7.76. The van der Waals surface area contributed by atoms with Crippen LogP contribution in [0.1, 0.15) is 37.3 Å². The van der Waals surface area contributed by atoms with Crippen LogP contribution in [0.15, 0.2) is 78.9 Å². The van der Waals surface area contributed by atoms with E-state index in [1.54, 1.807) is 36.4 Å². The van der Waals surface area contributed by atoms with Crippen LogP contribution >= 0.6 is 11.6 Å². The molecular formula is C30H35ClFN3O4S. The second-order valence-electron chi connectivity index (χ2n) is 9.56. The first-order valence-electron chi connectivity index (χ1n) is 13.2. The number of amides is 2. The third kappa shape index (κ3) is 9.34. The van der Waals surface area contributed by atoms with Gasteiger partial charge in [-0.3, -0.25) is 13.9 Å². The Morgan fingerprint density at radius 3 is 2.30 bits per heavy atom. The van der Waals surface area contributed by atoms with Crippen LogP contribution in [0.2, 0.25) is 5.02 Å². The van der Waals surface area contributed by atoms with Crippen molar-refractivity contribution in [3.05, 3.63) is 101 Å². The average molecular weight is 588 g/mol. The summed E-state index contributed by atoms with van der Waals surface area (Å²) in [6.07, 6.45) is 2.35. The lowest BCUT2D eigenvalue weighted by Crippen LogP contribution is -2.50. The topological polar surface area (TPSA) is 86.8 Å². The lowest BCUT2D eigenvalue weighted by atomic mass is 10.0. The van der Waals surface area contributed by atoms with Gasteiger partial charge in [0.15, 0.2) is 0 Å². The van der Waals surface area contributed by atoms with Gasteiger partial charge in [0.1, 0.15) is 11.9 Å². The van der Waals surface area contributed by atoms with Gasteiger partial charge in [-0.1, -0.05) is 67.1 Å². The first kappa shape index (κ1) is 31.1. The van der Waals surface area contributed by atoms with Crippen LogP contribution in [0.25, 0.3) is 0 Å². The molecule has 3 aromatic carbocycles. The zero-order valence-corrected chi connectivity index (χ0v) is 24.3. The van der Waals surface area contributed by atoms with Crippen molar-refractivity contribution < 1.29 is 22.4 Å². The summed E-state index contributed by atoms with van der Waals surface area (Å²) in [5, 5.41) is 3.31. The molecule has 1 N–H and O–H groups in total. The normalized spacial score (nSPS) is 12.0. The molecule has 0 bridgehead atoms. The Labute approximate surface area is 241 Å². The molecule has 0 aromatic heterocycles. The number of nitrogens with one attached hydrogen (secondary N) is 1. The van der Waals surface area contributed by atoms with Crippen molar-refractivity contribution in [2.75, 3.05) is 23.7 Å². The van der Waals surface area contributed by atoms with Crippen LogP contribution in [0, 0.1) is 5.82 Å². The first-order valence-corrected chi connectivity index (χ1v) is 15.4. The van der Waals surface area contributed by atoms with Gasteiger partial charge in [0.05, 0.1) is 11.9 Å². The highest BCUT2D eigenvalue weighted by atomic mass is 35.5. The quantitative estimate of drug-likeness (QED) is 0.281. The van der Waals surface area contributed by atoms with E-state index in [1.807, 2.05) is 37.3 Å². The maximum atomic E-state index is 13.7. The standard InChI is InChI=1S/C30H35ClFN3O4S/c1-3-18-33-30(37)28(20-23-9-5-4-6-10-23)34(22-24-14-16-26(32)17-15-24)29(36)13-8-19-35(40(2,38)39)27-12-7-11-25(31)21-27/h4-7,9-12,14-17,21,28H,3,8,13,18-20,22H2,1-2H3,(H,33,37)/t28-/m0/s1. The molecule has 0 saturated heterocycles. The van der Waals surface area contributed by atoms with Gasteiger partial charge in [-0.25, -0.2) is 12.8 Å². The molecule has 0 saturated carbocycles. The van der Waals surface area contributed by atoms with Gasteiger partial charge in [-0.2, -0.15) is 0 Å². The Bertz CT molecular complexity index is 1370. The molecule has 10 heteroatoms. The van der Waals surface area contributed by atoms with Crippen LogP contribution in [-0.2, 0) is 32.6 Å². The number of hydrogen-bond acceptors (Lipinski definition) is 4. The van der Waals surface area contributed by atoms with E-state index >= 15 is 0 Å². The number of anilines is 1. The predicted molar refractivity (Wildman–Crippen MR) is 157 cm³/mol. The van der Waals surface area contributed by atoms with E-state index in [9.17, 15) is 22.4 Å². The lowest BCUT2D eigenvalue weighted by molar-refractivity contribution is -0.141. The van der Waals surface area contributed by atoms with Crippen LogP contribution in [0.3, 0.4) is 0 Å². The lowest BCUT2D eigenvalue weighted by Gasteiger charge is -2.32. The molecule has 0 aliphatic heterocycles. The largest absolute Gasteiger partial charge is 0.354 e. The average Bonchev–Trinajstić information content (AvgIpc) is 2.92.